The van der Waals surface area contributed by atoms with Gasteiger partial charge in [0.2, 0.25) is 5.91 Å². The van der Waals surface area contributed by atoms with Crippen LogP contribution < -0.4 is 10.6 Å². The summed E-state index contributed by atoms with van der Waals surface area (Å²) in [7, 11) is 0. The average molecular weight is 443 g/mol. The number of rotatable bonds is 5. The Morgan fingerprint density at radius 2 is 2.22 bits per heavy atom. The van der Waals surface area contributed by atoms with E-state index in [9.17, 15) is 9.18 Å². The Bertz CT molecular complexity index is 603. The van der Waals surface area contributed by atoms with E-state index in [-0.39, 0.29) is 48.6 Å². The van der Waals surface area contributed by atoms with E-state index in [1.165, 1.54) is 12.1 Å². The number of benzene rings is 1. The molecule has 0 aliphatic carbocycles. The minimum atomic E-state index is -0.321. The molecule has 1 aromatic carbocycles. The number of halogens is 4. The summed E-state index contributed by atoms with van der Waals surface area (Å²) >= 11 is 6.12. The number of hydrogen-bond donors (Lipinski definition) is 2. The van der Waals surface area contributed by atoms with Gasteiger partial charge in [-0.1, -0.05) is 17.7 Å². The minimum absolute atomic E-state index is 0. The molecule has 154 valence electrons. The minimum Gasteiger partial charge on any atom is -0.378 e. The van der Waals surface area contributed by atoms with Crippen LogP contribution in [0.4, 0.5) is 4.39 Å². The van der Waals surface area contributed by atoms with Gasteiger partial charge in [0.15, 0.2) is 0 Å². The van der Waals surface area contributed by atoms with E-state index in [0.717, 1.165) is 38.0 Å². The van der Waals surface area contributed by atoms with Crippen LogP contribution in [0.15, 0.2) is 18.2 Å². The van der Waals surface area contributed by atoms with Crippen LogP contribution in [0.3, 0.4) is 0 Å². The molecule has 5 nitrogen and oxygen atoms in total. The van der Waals surface area contributed by atoms with E-state index in [4.69, 9.17) is 16.3 Å². The van der Waals surface area contributed by atoms with E-state index in [1.54, 1.807) is 6.07 Å². The molecule has 2 fully saturated rings. The smallest absolute Gasteiger partial charge is 0.221 e. The summed E-state index contributed by atoms with van der Waals surface area (Å²) in [5.41, 5.74) is 0.915. The molecular weight excluding hydrogens is 416 g/mol. The maximum atomic E-state index is 13.2. The van der Waals surface area contributed by atoms with Crippen LogP contribution in [0.2, 0.25) is 5.02 Å². The van der Waals surface area contributed by atoms with Crippen LogP contribution in [0, 0.1) is 5.82 Å². The SMILES string of the molecule is Cl.Cl.O=C(CC1COCCN1)NC1CCCN(Cc2ccc(F)cc2Cl)C1. The first kappa shape index (κ1) is 24.4. The average Bonchev–Trinajstić information content (AvgIpc) is 2.58. The quantitative estimate of drug-likeness (QED) is 0.736. The summed E-state index contributed by atoms with van der Waals surface area (Å²) in [6, 6.07) is 4.76. The van der Waals surface area contributed by atoms with Crippen molar-refractivity contribution < 1.29 is 13.9 Å². The molecule has 0 spiro atoms. The first-order valence-electron chi connectivity index (χ1n) is 8.87. The summed E-state index contributed by atoms with van der Waals surface area (Å²) in [4.78, 5) is 14.5. The van der Waals surface area contributed by atoms with Crippen LogP contribution >= 0.6 is 36.4 Å². The Balaban J connectivity index is 0.00000182. The van der Waals surface area contributed by atoms with Crippen molar-refractivity contribution in [1.82, 2.24) is 15.5 Å². The maximum Gasteiger partial charge on any atom is 0.221 e. The summed E-state index contributed by atoms with van der Waals surface area (Å²) in [6.07, 6.45) is 2.45. The molecule has 1 aromatic rings. The maximum absolute atomic E-state index is 13.2. The van der Waals surface area contributed by atoms with E-state index in [2.05, 4.69) is 15.5 Å². The zero-order valence-corrected chi connectivity index (χ0v) is 17.5. The molecule has 2 N–H and O–H groups in total. The lowest BCUT2D eigenvalue weighted by atomic mass is 10.0. The molecule has 2 aliphatic heterocycles. The number of carbonyl (C=O) groups is 1. The van der Waals surface area contributed by atoms with Crippen molar-refractivity contribution >= 4 is 42.3 Å². The largest absolute Gasteiger partial charge is 0.378 e. The topological polar surface area (TPSA) is 53.6 Å². The number of piperidine rings is 1. The second-order valence-corrected chi connectivity index (χ2v) is 7.21. The van der Waals surface area contributed by atoms with Gasteiger partial charge >= 0.3 is 0 Å². The number of carbonyl (C=O) groups excluding carboxylic acids is 1. The zero-order chi connectivity index (χ0) is 17.6. The number of likely N-dealkylation sites (tertiary alicyclic amines) is 1. The summed E-state index contributed by atoms with van der Waals surface area (Å²) < 4.78 is 18.6. The molecular formula is C18H27Cl3FN3O2. The Morgan fingerprint density at radius 3 is 2.93 bits per heavy atom. The molecule has 2 unspecified atom stereocenters. The normalized spacial score (nSPS) is 23.0. The number of morpholine rings is 1. The number of ether oxygens (including phenoxy) is 1. The highest BCUT2D eigenvalue weighted by molar-refractivity contribution is 6.31. The Morgan fingerprint density at radius 1 is 1.41 bits per heavy atom. The van der Waals surface area contributed by atoms with Crippen molar-refractivity contribution in [3.63, 3.8) is 0 Å². The van der Waals surface area contributed by atoms with Crippen LogP contribution in [0.1, 0.15) is 24.8 Å². The molecule has 2 atom stereocenters. The van der Waals surface area contributed by atoms with Crippen molar-refractivity contribution in [3.05, 3.63) is 34.6 Å². The predicted molar refractivity (Wildman–Crippen MR) is 110 cm³/mol. The Hall–Kier alpha value is -0.630. The first-order valence-corrected chi connectivity index (χ1v) is 9.25. The van der Waals surface area contributed by atoms with Crippen molar-refractivity contribution in [2.75, 3.05) is 32.8 Å². The Labute approximate surface area is 177 Å². The summed E-state index contributed by atoms with van der Waals surface area (Å²) in [5.74, 6) is -0.257. The monoisotopic (exact) mass is 441 g/mol. The van der Waals surface area contributed by atoms with E-state index in [0.29, 0.717) is 31.2 Å². The first-order chi connectivity index (χ1) is 12.1. The van der Waals surface area contributed by atoms with Crippen LogP contribution in [-0.2, 0) is 16.1 Å². The van der Waals surface area contributed by atoms with Crippen molar-refractivity contribution in [3.8, 4) is 0 Å². The van der Waals surface area contributed by atoms with Gasteiger partial charge in [0.1, 0.15) is 5.82 Å². The fourth-order valence-electron chi connectivity index (χ4n) is 3.47. The molecule has 3 rings (SSSR count). The number of nitrogens with one attached hydrogen (secondary N) is 2. The molecule has 1 amide bonds. The molecule has 2 heterocycles. The lowest BCUT2D eigenvalue weighted by molar-refractivity contribution is -0.123. The fraction of sp³-hybridized carbons (Fsp3) is 0.611. The van der Waals surface area contributed by atoms with E-state index in [1.807, 2.05) is 0 Å². The van der Waals surface area contributed by atoms with Gasteiger partial charge in [0.25, 0.3) is 0 Å². The van der Waals surface area contributed by atoms with Crippen LogP contribution in [0.25, 0.3) is 0 Å². The van der Waals surface area contributed by atoms with E-state index >= 15 is 0 Å². The molecule has 27 heavy (non-hydrogen) atoms. The van der Waals surface area contributed by atoms with Gasteiger partial charge in [-0.25, -0.2) is 4.39 Å². The van der Waals surface area contributed by atoms with Gasteiger partial charge in [-0.05, 0) is 37.1 Å². The van der Waals surface area contributed by atoms with Crippen LogP contribution in [0.5, 0.6) is 0 Å². The van der Waals surface area contributed by atoms with Crippen LogP contribution in [-0.4, -0.2) is 55.7 Å². The molecule has 2 aliphatic rings. The van der Waals surface area contributed by atoms with E-state index < -0.39 is 0 Å². The third kappa shape index (κ3) is 7.72. The second-order valence-electron chi connectivity index (χ2n) is 6.81. The molecule has 0 bridgehead atoms. The third-order valence-electron chi connectivity index (χ3n) is 4.71. The lowest BCUT2D eigenvalue weighted by Gasteiger charge is -2.33. The van der Waals surface area contributed by atoms with Gasteiger partial charge in [0.05, 0.1) is 13.2 Å². The van der Waals surface area contributed by atoms with Crippen molar-refractivity contribution in [1.29, 1.82) is 0 Å². The summed E-state index contributed by atoms with van der Waals surface area (Å²) in [5, 5.41) is 6.89. The highest BCUT2D eigenvalue weighted by atomic mass is 35.5. The lowest BCUT2D eigenvalue weighted by Crippen LogP contribution is -2.50. The van der Waals surface area contributed by atoms with Gasteiger partial charge < -0.3 is 15.4 Å². The molecule has 0 saturated carbocycles. The van der Waals surface area contributed by atoms with Gasteiger partial charge in [0, 0.05) is 43.2 Å². The van der Waals surface area contributed by atoms with Gasteiger partial charge in [-0.15, -0.1) is 24.8 Å². The highest BCUT2D eigenvalue weighted by Gasteiger charge is 2.24. The number of hydrogen-bond acceptors (Lipinski definition) is 4. The molecule has 2 saturated heterocycles. The second kappa shape index (κ2) is 12.0. The van der Waals surface area contributed by atoms with Crippen molar-refractivity contribution in [2.24, 2.45) is 0 Å². The summed E-state index contributed by atoms with van der Waals surface area (Å²) in [6.45, 7) is 4.51. The van der Waals surface area contributed by atoms with Gasteiger partial charge in [-0.3, -0.25) is 9.69 Å². The third-order valence-corrected chi connectivity index (χ3v) is 5.06. The Kier molecular flexibility index (Phi) is 10.9. The zero-order valence-electron chi connectivity index (χ0n) is 15.1. The number of amides is 1. The fourth-order valence-corrected chi connectivity index (χ4v) is 3.70. The highest BCUT2D eigenvalue weighted by Crippen LogP contribution is 2.21. The van der Waals surface area contributed by atoms with Gasteiger partial charge in [-0.2, -0.15) is 0 Å². The standard InChI is InChI=1S/C18H25ClFN3O2.2ClH/c19-17-8-14(20)4-3-13(17)10-23-6-1-2-15(11-23)22-18(24)9-16-12-25-7-5-21-16;;/h3-4,8,15-16,21H,1-2,5-7,9-12H2,(H,22,24);2*1H. The number of nitrogens with zero attached hydrogens (tertiary/aromatic N) is 1. The van der Waals surface area contributed by atoms with Crippen molar-refractivity contribution in [2.45, 2.75) is 37.9 Å². The molecule has 9 heteroatoms. The molecule has 0 aromatic heterocycles. The molecule has 0 radical (unpaired) electrons. The predicted octanol–water partition coefficient (Wildman–Crippen LogP) is 2.78.